The van der Waals surface area contributed by atoms with Crippen LogP contribution in [0.3, 0.4) is 0 Å². The summed E-state index contributed by atoms with van der Waals surface area (Å²) in [6, 6.07) is 7.18. The van der Waals surface area contributed by atoms with Crippen molar-refractivity contribution in [2.45, 2.75) is 13.0 Å². The van der Waals surface area contributed by atoms with Gasteiger partial charge in [0, 0.05) is 43.1 Å². The highest BCUT2D eigenvalue weighted by Gasteiger charge is 2.20. The second kappa shape index (κ2) is 9.16. The summed E-state index contributed by atoms with van der Waals surface area (Å²) in [7, 11) is 2.04. The van der Waals surface area contributed by atoms with Crippen molar-refractivity contribution >= 4 is 40.0 Å². The molecule has 0 radical (unpaired) electrons. The zero-order valence-corrected chi connectivity index (χ0v) is 16.6. The van der Waals surface area contributed by atoms with Crippen LogP contribution in [0.25, 0.3) is 0 Å². The van der Waals surface area contributed by atoms with E-state index in [0.29, 0.717) is 35.5 Å². The minimum Gasteiger partial charge on any atom is -0.352 e. The maximum absolute atomic E-state index is 12.3. The zero-order chi connectivity index (χ0) is 19.2. The summed E-state index contributed by atoms with van der Waals surface area (Å²) in [4.78, 5) is 32.7. The van der Waals surface area contributed by atoms with E-state index in [1.54, 1.807) is 22.4 Å². The molecular weight excluding hydrogens is 386 g/mol. The molecule has 9 heteroatoms. The van der Waals surface area contributed by atoms with Gasteiger partial charge in [-0.15, -0.1) is 11.3 Å². The maximum Gasteiger partial charge on any atom is 0.323 e. The normalized spacial score (nSPS) is 14.8. The highest BCUT2D eigenvalue weighted by atomic mass is 35.5. The maximum atomic E-state index is 12.3. The SMILES string of the molecule is CN1CCN(C(=O)Nc2nc(CC(=O)NCc3ccc(Cl)cc3)cs2)CC1. The summed E-state index contributed by atoms with van der Waals surface area (Å²) in [6.07, 6.45) is 0.175. The average Bonchev–Trinajstić information content (AvgIpc) is 3.08. The predicted molar refractivity (Wildman–Crippen MR) is 107 cm³/mol. The smallest absolute Gasteiger partial charge is 0.323 e. The zero-order valence-electron chi connectivity index (χ0n) is 15.1. The van der Waals surface area contributed by atoms with Gasteiger partial charge in [0.1, 0.15) is 0 Å². The molecule has 7 nitrogen and oxygen atoms in total. The Kier molecular flexibility index (Phi) is 6.65. The van der Waals surface area contributed by atoms with Gasteiger partial charge in [0.2, 0.25) is 5.91 Å². The van der Waals surface area contributed by atoms with Gasteiger partial charge in [-0.3, -0.25) is 10.1 Å². The summed E-state index contributed by atoms with van der Waals surface area (Å²) in [6.45, 7) is 3.57. The Morgan fingerprint density at radius 1 is 1.19 bits per heavy atom. The highest BCUT2D eigenvalue weighted by Crippen LogP contribution is 2.17. The molecule has 3 rings (SSSR count). The molecule has 1 aliphatic heterocycles. The number of piperazine rings is 1. The number of carbonyl (C=O) groups excluding carboxylic acids is 2. The third kappa shape index (κ3) is 5.92. The van der Waals surface area contributed by atoms with Gasteiger partial charge in [0.15, 0.2) is 5.13 Å². The highest BCUT2D eigenvalue weighted by molar-refractivity contribution is 7.13. The van der Waals surface area contributed by atoms with E-state index >= 15 is 0 Å². The molecule has 1 saturated heterocycles. The Hall–Kier alpha value is -2.16. The van der Waals surface area contributed by atoms with Crippen LogP contribution in [0, 0.1) is 0 Å². The first-order chi connectivity index (χ1) is 13.0. The first-order valence-electron chi connectivity index (χ1n) is 8.69. The number of amides is 3. The second-order valence-electron chi connectivity index (χ2n) is 6.44. The number of hydrogen-bond donors (Lipinski definition) is 2. The second-order valence-corrected chi connectivity index (χ2v) is 7.74. The fourth-order valence-electron chi connectivity index (χ4n) is 2.66. The number of rotatable bonds is 5. The molecule has 2 N–H and O–H groups in total. The predicted octanol–water partition coefficient (Wildman–Crippen LogP) is 2.43. The number of benzene rings is 1. The molecule has 3 amide bonds. The Balaban J connectivity index is 1.45. The molecule has 0 saturated carbocycles. The van der Waals surface area contributed by atoms with Gasteiger partial charge in [-0.25, -0.2) is 9.78 Å². The Bertz CT molecular complexity index is 787. The van der Waals surface area contributed by atoms with E-state index in [2.05, 4.69) is 20.5 Å². The molecule has 2 heterocycles. The molecule has 1 aromatic heterocycles. The number of anilines is 1. The quantitative estimate of drug-likeness (QED) is 0.798. The third-order valence-electron chi connectivity index (χ3n) is 4.30. The van der Waals surface area contributed by atoms with Crippen molar-refractivity contribution in [1.29, 1.82) is 0 Å². The third-order valence-corrected chi connectivity index (χ3v) is 5.36. The molecule has 1 aliphatic rings. The fraction of sp³-hybridized carbons (Fsp3) is 0.389. The van der Waals surface area contributed by atoms with Crippen molar-refractivity contribution in [3.05, 3.63) is 45.9 Å². The number of likely N-dealkylation sites (N-methyl/N-ethyl adjacent to an activating group) is 1. The lowest BCUT2D eigenvalue weighted by Crippen LogP contribution is -2.48. The van der Waals surface area contributed by atoms with E-state index in [1.807, 2.05) is 19.2 Å². The lowest BCUT2D eigenvalue weighted by Gasteiger charge is -2.32. The molecule has 0 atom stereocenters. The summed E-state index contributed by atoms with van der Waals surface area (Å²) < 4.78 is 0. The van der Waals surface area contributed by atoms with Crippen LogP contribution in [-0.4, -0.2) is 59.9 Å². The Morgan fingerprint density at radius 3 is 2.59 bits per heavy atom. The van der Waals surface area contributed by atoms with Crippen LogP contribution >= 0.6 is 22.9 Å². The van der Waals surface area contributed by atoms with Gasteiger partial charge in [0.05, 0.1) is 12.1 Å². The van der Waals surface area contributed by atoms with Crippen LogP contribution in [0.4, 0.5) is 9.93 Å². The largest absolute Gasteiger partial charge is 0.352 e. The number of halogens is 1. The summed E-state index contributed by atoms with van der Waals surface area (Å²) in [5, 5.41) is 8.64. The Labute approximate surface area is 167 Å². The van der Waals surface area contributed by atoms with Crippen molar-refractivity contribution in [3.63, 3.8) is 0 Å². The van der Waals surface area contributed by atoms with E-state index in [0.717, 1.165) is 18.7 Å². The van der Waals surface area contributed by atoms with Crippen molar-refractivity contribution < 1.29 is 9.59 Å². The van der Waals surface area contributed by atoms with Crippen molar-refractivity contribution in [2.24, 2.45) is 0 Å². The van der Waals surface area contributed by atoms with Gasteiger partial charge in [-0.2, -0.15) is 0 Å². The molecular formula is C18H22ClN5O2S. The van der Waals surface area contributed by atoms with Crippen LogP contribution in [0.1, 0.15) is 11.3 Å². The molecule has 1 fully saturated rings. The Morgan fingerprint density at radius 2 is 1.89 bits per heavy atom. The molecule has 1 aromatic carbocycles. The van der Waals surface area contributed by atoms with Crippen LogP contribution in [0.2, 0.25) is 5.02 Å². The minimum absolute atomic E-state index is 0.118. The lowest BCUT2D eigenvalue weighted by atomic mass is 10.2. The first-order valence-corrected chi connectivity index (χ1v) is 9.95. The van der Waals surface area contributed by atoms with Gasteiger partial charge >= 0.3 is 6.03 Å². The van der Waals surface area contributed by atoms with Gasteiger partial charge in [0.25, 0.3) is 0 Å². The minimum atomic E-state index is -0.142. The van der Waals surface area contributed by atoms with Gasteiger partial charge in [-0.1, -0.05) is 23.7 Å². The standard InChI is InChI=1S/C18H22ClN5O2S/c1-23-6-8-24(9-7-23)18(26)22-17-21-15(12-27-17)10-16(25)20-11-13-2-4-14(19)5-3-13/h2-5,12H,6-11H2,1H3,(H,20,25)(H,21,22,26). The van der Waals surface area contributed by atoms with Gasteiger partial charge < -0.3 is 15.1 Å². The van der Waals surface area contributed by atoms with Crippen molar-refractivity contribution in [1.82, 2.24) is 20.1 Å². The van der Waals surface area contributed by atoms with Crippen molar-refractivity contribution in [2.75, 3.05) is 38.5 Å². The average molecular weight is 408 g/mol. The summed E-state index contributed by atoms with van der Waals surface area (Å²) >= 11 is 7.17. The molecule has 0 aliphatic carbocycles. The molecule has 0 bridgehead atoms. The number of nitrogens with zero attached hydrogens (tertiary/aromatic N) is 3. The summed E-state index contributed by atoms with van der Waals surface area (Å²) in [5.41, 5.74) is 1.62. The number of aromatic nitrogens is 1. The lowest BCUT2D eigenvalue weighted by molar-refractivity contribution is -0.120. The van der Waals surface area contributed by atoms with Gasteiger partial charge in [-0.05, 0) is 24.7 Å². The fourth-order valence-corrected chi connectivity index (χ4v) is 3.48. The summed E-state index contributed by atoms with van der Waals surface area (Å²) in [5.74, 6) is -0.118. The van der Waals surface area contributed by atoms with E-state index in [1.165, 1.54) is 11.3 Å². The van der Waals surface area contributed by atoms with Crippen molar-refractivity contribution in [3.8, 4) is 0 Å². The topological polar surface area (TPSA) is 77.6 Å². The van der Waals surface area contributed by atoms with E-state index < -0.39 is 0 Å². The molecule has 27 heavy (non-hydrogen) atoms. The van der Waals surface area contributed by atoms with Crippen LogP contribution in [0.15, 0.2) is 29.6 Å². The number of nitrogens with one attached hydrogen (secondary N) is 2. The molecule has 0 spiro atoms. The van der Waals surface area contributed by atoms with Crippen LogP contribution < -0.4 is 10.6 Å². The molecule has 0 unspecified atom stereocenters. The van der Waals surface area contributed by atoms with E-state index in [4.69, 9.17) is 11.6 Å². The number of thiazole rings is 1. The molecule has 144 valence electrons. The van der Waals surface area contributed by atoms with E-state index in [-0.39, 0.29) is 18.4 Å². The molecule has 2 aromatic rings. The number of urea groups is 1. The number of hydrogen-bond acceptors (Lipinski definition) is 5. The van der Waals surface area contributed by atoms with Crippen LogP contribution in [0.5, 0.6) is 0 Å². The monoisotopic (exact) mass is 407 g/mol. The van der Waals surface area contributed by atoms with E-state index in [9.17, 15) is 9.59 Å². The first kappa shape index (κ1) is 19.6. The van der Waals surface area contributed by atoms with Crippen LogP contribution in [-0.2, 0) is 17.8 Å². The number of carbonyl (C=O) groups is 2.